The maximum absolute atomic E-state index is 12.9. The smallest absolute Gasteiger partial charge is 0.331 e. The van der Waals surface area contributed by atoms with Crippen molar-refractivity contribution in [3.63, 3.8) is 0 Å². The molecule has 17 heteroatoms. The van der Waals surface area contributed by atoms with Gasteiger partial charge in [-0.15, -0.1) is 11.3 Å². The Balaban J connectivity index is 1.32. The van der Waals surface area contributed by atoms with Gasteiger partial charge in [-0.05, 0) is 65.6 Å². The number of sulfone groups is 1. The second-order valence-corrected chi connectivity index (χ2v) is 18.6. The lowest BCUT2D eigenvalue weighted by molar-refractivity contribution is -0.146. The SMILES string of the molecule is CCN[C@H]1C[C@H](C)S(=O)(=O)c2sc(S(=O)(=O)NC(=O)COC(=O)/C=C/C(=O)O[C@@H](CNC(C)(C)C)COc3cccc4c3CCCC4=O)cc21. The molecule has 0 spiro atoms. The molecule has 3 N–H and O–H groups in total. The minimum atomic E-state index is -4.49. The van der Waals surface area contributed by atoms with Crippen LogP contribution in [-0.4, -0.2) is 83.7 Å². The van der Waals surface area contributed by atoms with Gasteiger partial charge in [0.15, 0.2) is 22.2 Å². The first-order valence-corrected chi connectivity index (χ1v) is 20.0. The Morgan fingerprint density at radius 3 is 2.54 bits per heavy atom. The zero-order valence-electron chi connectivity index (χ0n) is 28.6. The first-order valence-electron chi connectivity index (χ1n) is 16.2. The predicted molar refractivity (Wildman–Crippen MR) is 184 cm³/mol. The fourth-order valence-corrected chi connectivity index (χ4v) is 10.4. The van der Waals surface area contributed by atoms with Gasteiger partial charge in [-0.3, -0.25) is 9.59 Å². The van der Waals surface area contributed by atoms with Gasteiger partial charge in [0, 0.05) is 53.4 Å². The molecule has 0 bridgehead atoms. The van der Waals surface area contributed by atoms with Crippen LogP contribution in [0.1, 0.15) is 81.4 Å². The topological polar surface area (TPSA) is 200 Å². The molecule has 2 aliphatic rings. The normalized spacial score (nSPS) is 19.3. The minimum absolute atomic E-state index is 0.0413. The van der Waals surface area contributed by atoms with E-state index in [0.29, 0.717) is 54.0 Å². The summed E-state index contributed by atoms with van der Waals surface area (Å²) >= 11 is 0.550. The summed E-state index contributed by atoms with van der Waals surface area (Å²) in [6.45, 7) is 8.91. The first-order chi connectivity index (χ1) is 23.4. The quantitative estimate of drug-likeness (QED) is 0.188. The molecule has 0 unspecified atom stereocenters. The average molecular weight is 754 g/mol. The summed E-state index contributed by atoms with van der Waals surface area (Å²) in [4.78, 5) is 49.6. The lowest BCUT2D eigenvalue weighted by atomic mass is 9.90. The summed E-state index contributed by atoms with van der Waals surface area (Å²) < 4.78 is 69.3. The number of benzene rings is 1. The van der Waals surface area contributed by atoms with Crippen LogP contribution in [-0.2, 0) is 50.1 Å². The Bertz CT molecular complexity index is 1860. The molecule has 1 aromatic heterocycles. The number of sulfonamides is 1. The van der Waals surface area contributed by atoms with Gasteiger partial charge in [0.1, 0.15) is 26.9 Å². The Morgan fingerprint density at radius 1 is 1.12 bits per heavy atom. The average Bonchev–Trinajstić information content (AvgIpc) is 3.51. The van der Waals surface area contributed by atoms with Crippen molar-refractivity contribution >= 4 is 54.8 Å². The molecular weight excluding hydrogens is 711 g/mol. The van der Waals surface area contributed by atoms with Crippen LogP contribution in [0.15, 0.2) is 44.8 Å². The Morgan fingerprint density at radius 2 is 1.84 bits per heavy atom. The molecule has 2 heterocycles. The van der Waals surface area contributed by atoms with E-state index in [9.17, 15) is 36.0 Å². The highest BCUT2D eigenvalue weighted by Gasteiger charge is 2.39. The summed E-state index contributed by atoms with van der Waals surface area (Å²) in [5.41, 5.74) is 1.44. The van der Waals surface area contributed by atoms with E-state index in [0.717, 1.165) is 17.7 Å². The second-order valence-electron chi connectivity index (χ2n) is 13.0. The highest BCUT2D eigenvalue weighted by Crippen LogP contribution is 2.42. The number of thiophene rings is 1. The highest BCUT2D eigenvalue weighted by atomic mass is 32.3. The molecule has 14 nitrogen and oxygen atoms in total. The van der Waals surface area contributed by atoms with Gasteiger partial charge in [-0.25, -0.2) is 31.1 Å². The summed E-state index contributed by atoms with van der Waals surface area (Å²) in [6.07, 6.45) is 2.90. The molecule has 1 aliphatic carbocycles. The van der Waals surface area contributed by atoms with E-state index in [1.165, 1.54) is 6.07 Å². The second kappa shape index (κ2) is 16.1. The number of carbonyl (C=O) groups excluding carboxylic acids is 4. The number of carbonyl (C=O) groups is 4. The Kier molecular flexibility index (Phi) is 12.6. The minimum Gasteiger partial charge on any atom is -0.489 e. The Labute approximate surface area is 296 Å². The third-order valence-corrected chi connectivity index (χ3v) is 13.7. The lowest BCUT2D eigenvalue weighted by Gasteiger charge is -2.27. The predicted octanol–water partition coefficient (Wildman–Crippen LogP) is 2.77. The Hall–Kier alpha value is -3.64. The number of fused-ring (bicyclic) bond motifs is 2. The summed E-state index contributed by atoms with van der Waals surface area (Å²) in [5, 5.41) is 5.67. The van der Waals surface area contributed by atoms with E-state index in [1.807, 2.05) is 27.7 Å². The van der Waals surface area contributed by atoms with Crippen molar-refractivity contribution in [2.75, 3.05) is 26.3 Å². The van der Waals surface area contributed by atoms with Crippen molar-refractivity contribution in [3.8, 4) is 5.75 Å². The molecule has 274 valence electrons. The van der Waals surface area contributed by atoms with E-state index in [2.05, 4.69) is 10.6 Å². The molecule has 1 aliphatic heterocycles. The van der Waals surface area contributed by atoms with Gasteiger partial charge in [0.05, 0.1) is 5.25 Å². The van der Waals surface area contributed by atoms with Crippen LogP contribution in [0, 0.1) is 0 Å². The summed E-state index contributed by atoms with van der Waals surface area (Å²) in [5.74, 6) is -2.61. The van der Waals surface area contributed by atoms with Crippen LogP contribution in [0.2, 0.25) is 0 Å². The fourth-order valence-electron chi connectivity index (χ4n) is 5.44. The molecule has 1 amide bonds. The van der Waals surface area contributed by atoms with Crippen LogP contribution in [0.3, 0.4) is 0 Å². The zero-order valence-corrected chi connectivity index (χ0v) is 31.0. The highest BCUT2D eigenvalue weighted by molar-refractivity contribution is 7.95. The van der Waals surface area contributed by atoms with Gasteiger partial charge in [0.25, 0.3) is 15.9 Å². The number of Topliss-reactive ketones (excluding diaryl/α,β-unsaturated/α-hetero) is 1. The molecule has 0 saturated carbocycles. The van der Waals surface area contributed by atoms with E-state index in [4.69, 9.17) is 14.2 Å². The number of esters is 2. The molecule has 0 fully saturated rings. The van der Waals surface area contributed by atoms with Crippen molar-refractivity contribution in [2.24, 2.45) is 0 Å². The largest absolute Gasteiger partial charge is 0.489 e. The monoisotopic (exact) mass is 753 g/mol. The number of amides is 1. The number of ketones is 1. The lowest BCUT2D eigenvalue weighted by Crippen LogP contribution is -2.44. The van der Waals surface area contributed by atoms with Crippen LogP contribution in [0.4, 0.5) is 0 Å². The molecule has 0 radical (unpaired) electrons. The number of hydrogen-bond acceptors (Lipinski definition) is 14. The van der Waals surface area contributed by atoms with Crippen molar-refractivity contribution in [2.45, 2.75) is 91.7 Å². The molecule has 4 rings (SSSR count). The zero-order chi connectivity index (χ0) is 36.9. The van der Waals surface area contributed by atoms with E-state index in [-0.39, 0.29) is 45.4 Å². The third-order valence-electron chi connectivity index (χ3n) is 7.93. The molecule has 3 atom stereocenters. The summed E-state index contributed by atoms with van der Waals surface area (Å²) in [6, 6.07) is 6.11. The maximum Gasteiger partial charge on any atom is 0.331 e. The van der Waals surface area contributed by atoms with Crippen molar-refractivity contribution < 1.29 is 50.2 Å². The van der Waals surface area contributed by atoms with Crippen LogP contribution in [0.5, 0.6) is 5.75 Å². The van der Waals surface area contributed by atoms with Crippen molar-refractivity contribution in [1.29, 1.82) is 0 Å². The van der Waals surface area contributed by atoms with Crippen LogP contribution in [0.25, 0.3) is 0 Å². The van der Waals surface area contributed by atoms with Gasteiger partial charge >= 0.3 is 11.9 Å². The van der Waals surface area contributed by atoms with Crippen molar-refractivity contribution in [3.05, 3.63) is 53.1 Å². The number of rotatable bonds is 14. The van der Waals surface area contributed by atoms with E-state index >= 15 is 0 Å². The first kappa shape index (κ1) is 39.2. The van der Waals surface area contributed by atoms with Gasteiger partial charge in [0.2, 0.25) is 0 Å². The standard InChI is InChI=1S/C33H43N3O11S3/c1-6-34-25-15-20(2)49(41,42)32-24(25)16-31(48-32)50(43,44)36-28(38)19-46-29(39)13-14-30(40)47-21(17-35-33(3,4)5)18-45-27-12-8-9-22-23(27)10-7-11-26(22)37/h8-9,12-14,16,20-21,25,34-35H,6-7,10-11,15,17-19H2,1-5H3,(H,36,38)/b14-13+/t20-,21-,25-/m0/s1. The maximum atomic E-state index is 12.9. The van der Waals surface area contributed by atoms with Gasteiger partial charge < -0.3 is 24.8 Å². The fraction of sp³-hybridized carbons (Fsp3) is 0.515. The number of nitrogens with one attached hydrogen (secondary N) is 3. The van der Waals surface area contributed by atoms with Crippen molar-refractivity contribution in [1.82, 2.24) is 15.4 Å². The third kappa shape index (κ3) is 9.99. The van der Waals surface area contributed by atoms with E-state index < -0.39 is 55.7 Å². The van der Waals surface area contributed by atoms with E-state index in [1.54, 1.807) is 29.8 Å². The molecule has 2 aromatic rings. The summed E-state index contributed by atoms with van der Waals surface area (Å²) in [7, 11) is -8.24. The number of ether oxygens (including phenoxy) is 3. The molecule has 50 heavy (non-hydrogen) atoms. The van der Waals surface area contributed by atoms with Crippen LogP contribution < -0.4 is 20.1 Å². The number of hydrogen-bond donors (Lipinski definition) is 3. The molecule has 0 saturated heterocycles. The molecule has 1 aromatic carbocycles. The van der Waals surface area contributed by atoms with Crippen LogP contribution >= 0.6 is 11.3 Å². The molecular formula is C33H43N3O11S3. The van der Waals surface area contributed by atoms with Gasteiger partial charge in [-0.1, -0.05) is 19.1 Å². The van der Waals surface area contributed by atoms with Gasteiger partial charge in [-0.2, -0.15) is 0 Å².